The number of aliphatic hydroxyl groups is 1. The number of aliphatic carboxylic acids is 2. The van der Waals surface area contributed by atoms with Crippen molar-refractivity contribution in [2.45, 2.75) is 165 Å². The molecule has 3 heterocycles. The number of carbonyl (C=O) groups is 15. The van der Waals surface area contributed by atoms with E-state index in [9.17, 15) is 82.8 Å². The van der Waals surface area contributed by atoms with Gasteiger partial charge in [-0.05, 0) is 90.5 Å². The fourth-order valence-corrected chi connectivity index (χ4v) is 12.6. The van der Waals surface area contributed by atoms with Crippen molar-refractivity contribution >= 4 is 111 Å². The van der Waals surface area contributed by atoms with E-state index in [4.69, 9.17) is 11.5 Å². The van der Waals surface area contributed by atoms with Gasteiger partial charge in [0, 0.05) is 79.3 Å². The number of phenolic OH excluding ortho intramolecular Hbond substituents is 1. The molecule has 0 saturated carbocycles. The van der Waals surface area contributed by atoms with E-state index in [-0.39, 0.29) is 76.0 Å². The molecule has 11 atom stereocenters. The summed E-state index contributed by atoms with van der Waals surface area (Å²) < 4.78 is 0. The SMILES string of the molecule is CC[C@H](C)[C@H](NC(=O)[C@H](Cc1c[nH]c2ccccc12)NC(=O)[C@H](CCC(=O)O)NC(=O)[C@H](CC(C)C)NC(=O)CNC(=O)[C@@H](N)CCC(N)=O)C(=O)NCC(=O)N[C@@H](Cc1c[nH]c2ccccc12)C(=O)N[C@@H](Cc1ccccc1)C(=O)N[C@@H](Cc1ccc(O)cc1)C(=O)N1CCC[C@H]1C(=O)NCC(=O)N[C@@H](CO)C(=O)O. The van der Waals surface area contributed by atoms with Gasteiger partial charge in [0.25, 0.3) is 0 Å². The van der Waals surface area contributed by atoms with Crippen LogP contribution in [0.1, 0.15) is 101 Å². The number of amides is 13. The molecule has 1 aliphatic rings. The second-order valence-electron chi connectivity index (χ2n) is 27.7. The lowest BCUT2D eigenvalue weighted by Crippen LogP contribution is -2.60. The minimum absolute atomic E-state index is 0.00449. The van der Waals surface area contributed by atoms with Gasteiger partial charge in [0.05, 0.1) is 32.3 Å². The number of fused-ring (bicyclic) bond motifs is 2. The summed E-state index contributed by atoms with van der Waals surface area (Å²) in [6.07, 6.45) is 1.65. The van der Waals surface area contributed by atoms with Crippen molar-refractivity contribution in [2.24, 2.45) is 23.3 Å². The number of likely N-dealkylation sites (tertiary alicyclic amines) is 1. The molecule has 1 aliphatic heterocycles. The minimum Gasteiger partial charge on any atom is -0.508 e. The maximum atomic E-state index is 15.1. The Balaban J connectivity index is 1.11. The molecule has 596 valence electrons. The first kappa shape index (κ1) is 86.0. The molecule has 0 unspecified atom stereocenters. The Hall–Kier alpha value is -12.3. The first-order valence-electron chi connectivity index (χ1n) is 36.5. The van der Waals surface area contributed by atoms with Crippen LogP contribution in [0.2, 0.25) is 0 Å². The number of primary amides is 1. The summed E-state index contributed by atoms with van der Waals surface area (Å²) in [5, 5.41) is 68.1. The number of carboxylic acids is 2. The monoisotopic (exact) mass is 1540 g/mol. The van der Waals surface area contributed by atoms with Gasteiger partial charge in [-0.1, -0.05) is 113 Å². The van der Waals surface area contributed by atoms with Gasteiger partial charge in [-0.2, -0.15) is 0 Å². The van der Waals surface area contributed by atoms with Crippen molar-refractivity contribution in [2.75, 3.05) is 32.8 Å². The summed E-state index contributed by atoms with van der Waals surface area (Å²) in [4.78, 5) is 212. The number of carboxylic acid groups (broad SMARTS) is 2. The van der Waals surface area contributed by atoms with Crippen LogP contribution in [-0.4, -0.2) is 217 Å². The predicted molar refractivity (Wildman–Crippen MR) is 402 cm³/mol. The fraction of sp³-hybridized carbons (Fsp3) is 0.434. The number of aromatic hydroxyl groups is 1. The first-order valence-corrected chi connectivity index (χ1v) is 36.5. The van der Waals surface area contributed by atoms with E-state index in [0.29, 0.717) is 50.5 Å². The summed E-state index contributed by atoms with van der Waals surface area (Å²) in [6, 6.07) is 14.0. The number of H-pyrrole nitrogens is 2. The van der Waals surface area contributed by atoms with Gasteiger partial charge in [-0.25, -0.2) is 4.79 Å². The van der Waals surface area contributed by atoms with Crippen LogP contribution in [0.4, 0.5) is 0 Å². The van der Waals surface area contributed by atoms with E-state index in [2.05, 4.69) is 68.5 Å². The molecule has 6 aromatic rings. The maximum absolute atomic E-state index is 15.1. The molecule has 35 nitrogen and oxygen atoms in total. The van der Waals surface area contributed by atoms with Crippen molar-refractivity contribution in [3.8, 4) is 5.75 Å². The normalized spacial score (nSPS) is 15.3. The largest absolute Gasteiger partial charge is 0.508 e. The number of aromatic amines is 2. The number of aromatic nitrogens is 2. The number of nitrogens with two attached hydrogens (primary N) is 2. The molecule has 2 aromatic heterocycles. The molecule has 4 aromatic carbocycles. The number of benzene rings is 4. The van der Waals surface area contributed by atoms with E-state index in [1.165, 1.54) is 29.2 Å². The second kappa shape index (κ2) is 41.9. The van der Waals surface area contributed by atoms with E-state index in [1.54, 1.807) is 119 Å². The number of carbonyl (C=O) groups excluding carboxylic acids is 13. The molecule has 111 heavy (non-hydrogen) atoms. The molecule has 7 rings (SSSR count). The highest BCUT2D eigenvalue weighted by molar-refractivity contribution is 6.00. The van der Waals surface area contributed by atoms with Gasteiger partial charge in [0.1, 0.15) is 60.1 Å². The van der Waals surface area contributed by atoms with Gasteiger partial charge in [-0.15, -0.1) is 0 Å². The highest BCUT2D eigenvalue weighted by Gasteiger charge is 2.40. The van der Waals surface area contributed by atoms with Crippen molar-refractivity contribution < 1.29 is 92.3 Å². The number of hydrogen-bond acceptors (Lipinski definition) is 18. The molecule has 35 heteroatoms. The molecular formula is C76H98N16O19. The van der Waals surface area contributed by atoms with Crippen molar-refractivity contribution in [1.29, 1.82) is 0 Å². The Labute approximate surface area is 638 Å². The Morgan fingerprint density at radius 1 is 0.514 bits per heavy atom. The molecule has 21 N–H and O–H groups in total. The summed E-state index contributed by atoms with van der Waals surface area (Å²) in [5.74, 6) is -15.1. The van der Waals surface area contributed by atoms with Gasteiger partial charge >= 0.3 is 11.9 Å². The molecule has 0 aliphatic carbocycles. The van der Waals surface area contributed by atoms with Crippen LogP contribution in [0, 0.1) is 11.8 Å². The van der Waals surface area contributed by atoms with Crippen LogP contribution in [0.3, 0.4) is 0 Å². The lowest BCUT2D eigenvalue weighted by atomic mass is 9.96. The summed E-state index contributed by atoms with van der Waals surface area (Å²) in [5.41, 5.74) is 14.4. The number of nitrogens with one attached hydrogen (secondary N) is 13. The quantitative estimate of drug-likeness (QED) is 0.0206. The molecule has 0 bridgehead atoms. The van der Waals surface area contributed by atoms with Crippen LogP contribution in [-0.2, 0) is 97.6 Å². The van der Waals surface area contributed by atoms with E-state index in [0.717, 1.165) is 0 Å². The Morgan fingerprint density at radius 2 is 0.982 bits per heavy atom. The lowest BCUT2D eigenvalue weighted by molar-refractivity contribution is -0.143. The smallest absolute Gasteiger partial charge is 0.328 e. The predicted octanol–water partition coefficient (Wildman–Crippen LogP) is -1.53. The third-order valence-corrected chi connectivity index (χ3v) is 18.8. The summed E-state index contributed by atoms with van der Waals surface area (Å²) in [6.45, 7) is 3.80. The zero-order chi connectivity index (χ0) is 81.0. The van der Waals surface area contributed by atoms with Crippen LogP contribution in [0.5, 0.6) is 5.75 Å². The topological polar surface area (TPSA) is 556 Å². The number of para-hydroxylation sites is 2. The van der Waals surface area contributed by atoms with Gasteiger partial charge in [0.15, 0.2) is 0 Å². The first-order chi connectivity index (χ1) is 52.9. The summed E-state index contributed by atoms with van der Waals surface area (Å²) >= 11 is 0. The van der Waals surface area contributed by atoms with Gasteiger partial charge in [0.2, 0.25) is 76.8 Å². The average molecular weight is 1540 g/mol. The molecular weight excluding hydrogens is 1440 g/mol. The second-order valence-corrected chi connectivity index (χ2v) is 27.7. The number of hydrogen-bond donors (Lipinski definition) is 19. The Bertz CT molecular complexity index is 4300. The number of rotatable bonds is 43. The zero-order valence-corrected chi connectivity index (χ0v) is 61.9. The zero-order valence-electron chi connectivity index (χ0n) is 61.9. The fourth-order valence-electron chi connectivity index (χ4n) is 12.6. The number of aliphatic hydroxyl groups excluding tert-OH is 1. The standard InChI is InChI=1S/C76H98N16O19/c1-5-42(4)66(91-72(106)57(34-46-36-80-52-19-12-10-17-49(46)52)89-68(102)53(26-28-65(99)100)87-69(103)54(30-41(2)3)84-62(96)37-81-67(101)50(77)25-27-61(78)95)74(108)83-39-63(97)85-56(33-45-35-79-51-18-11-9-16-48(45)51)71(105)88-55(31-43-14-7-6-8-15-43)70(104)90-58(32-44-21-23-47(94)24-22-44)75(109)92-29-13-20-60(92)73(107)82-38-64(98)86-59(40-93)76(110)111/h6-12,14-19,21-24,35-36,41-42,50,53-60,66,79-80,93-94H,5,13,20,25-34,37-40,77H2,1-4H3,(H2,78,95)(H,81,101)(H,82,107)(H,83,108)(H,84,96)(H,85,97)(H,86,98)(H,87,103)(H,88,105)(H,89,102)(H,90,104)(H,91,106)(H,99,100)(H,110,111)/t42-,50-,53-,54-,55-,56-,57-,58-,59-,60-,66-/m0/s1. The van der Waals surface area contributed by atoms with Crippen LogP contribution in [0.15, 0.2) is 116 Å². The number of phenols is 1. The third kappa shape index (κ3) is 26.2. The minimum atomic E-state index is -1.65. The Morgan fingerprint density at radius 3 is 1.53 bits per heavy atom. The average Bonchev–Trinajstić information content (AvgIpc) is 1.74. The van der Waals surface area contributed by atoms with Gasteiger partial charge < -0.3 is 105 Å². The third-order valence-electron chi connectivity index (χ3n) is 18.8. The van der Waals surface area contributed by atoms with Crippen molar-refractivity contribution in [1.82, 2.24) is 73.4 Å². The lowest BCUT2D eigenvalue weighted by Gasteiger charge is -2.30. The van der Waals surface area contributed by atoms with E-state index < -0.39 is 194 Å². The maximum Gasteiger partial charge on any atom is 0.328 e. The van der Waals surface area contributed by atoms with Crippen LogP contribution in [0.25, 0.3) is 21.8 Å². The molecule has 1 saturated heterocycles. The molecule has 13 amide bonds. The summed E-state index contributed by atoms with van der Waals surface area (Å²) in [7, 11) is 0. The van der Waals surface area contributed by atoms with Crippen molar-refractivity contribution in [3.63, 3.8) is 0 Å². The van der Waals surface area contributed by atoms with Crippen LogP contribution >= 0.6 is 0 Å². The molecule has 0 radical (unpaired) electrons. The highest BCUT2D eigenvalue weighted by Crippen LogP contribution is 2.24. The number of nitrogens with zero attached hydrogens (tertiary/aromatic N) is 1. The van der Waals surface area contributed by atoms with Crippen LogP contribution < -0.4 is 70.0 Å². The highest BCUT2D eigenvalue weighted by atomic mass is 16.4. The van der Waals surface area contributed by atoms with E-state index in [1.807, 2.05) is 0 Å². The molecule has 0 spiro atoms. The van der Waals surface area contributed by atoms with Gasteiger partial charge in [-0.3, -0.25) is 67.1 Å². The molecule has 1 fully saturated rings. The van der Waals surface area contributed by atoms with Crippen molar-refractivity contribution in [3.05, 3.63) is 138 Å². The Kier molecular flexibility index (Phi) is 32.5. The van der Waals surface area contributed by atoms with E-state index >= 15 is 9.59 Å².